The van der Waals surface area contributed by atoms with Crippen molar-refractivity contribution in [1.82, 2.24) is 25.2 Å². The van der Waals surface area contributed by atoms with E-state index in [0.29, 0.717) is 19.1 Å². The van der Waals surface area contributed by atoms with Gasteiger partial charge in [0.1, 0.15) is 11.6 Å². The van der Waals surface area contributed by atoms with Gasteiger partial charge in [0, 0.05) is 69.3 Å². The highest BCUT2D eigenvalue weighted by Crippen LogP contribution is 2.28. The summed E-state index contributed by atoms with van der Waals surface area (Å²) in [7, 11) is 2.10. The van der Waals surface area contributed by atoms with Gasteiger partial charge in [-0.05, 0) is 30.8 Å². The summed E-state index contributed by atoms with van der Waals surface area (Å²) >= 11 is 0. The number of hydroxylamine groups is 2. The van der Waals surface area contributed by atoms with Crippen LogP contribution in [0.4, 0.5) is 25.5 Å². The smallest absolute Gasteiger partial charge is 0.431 e. The molecule has 4 amide bonds. The SMILES string of the molecule is CN1CC(N2CCN(OC(=O)Nc3cc(Oc4ccc(NC(=O)NC(=O)Cc5ccccc5)cc4F)ccn3)CC2)C1. The van der Waals surface area contributed by atoms with Crippen LogP contribution in [0, 0.1) is 5.82 Å². The number of aromatic nitrogens is 1. The second kappa shape index (κ2) is 13.4. The van der Waals surface area contributed by atoms with E-state index < -0.39 is 23.8 Å². The van der Waals surface area contributed by atoms with Gasteiger partial charge in [-0.2, -0.15) is 0 Å². The molecule has 2 aromatic carbocycles. The van der Waals surface area contributed by atoms with Crippen LogP contribution >= 0.6 is 0 Å². The van der Waals surface area contributed by atoms with Gasteiger partial charge in [-0.1, -0.05) is 30.3 Å². The Hall–Kier alpha value is -4.59. The van der Waals surface area contributed by atoms with E-state index in [-0.39, 0.29) is 29.4 Å². The minimum absolute atomic E-state index is 0.0332. The van der Waals surface area contributed by atoms with E-state index in [9.17, 15) is 18.8 Å². The van der Waals surface area contributed by atoms with Crippen molar-refractivity contribution in [2.45, 2.75) is 12.5 Å². The van der Waals surface area contributed by atoms with Crippen LogP contribution in [-0.4, -0.2) is 90.2 Å². The van der Waals surface area contributed by atoms with Crippen LogP contribution in [0.5, 0.6) is 11.5 Å². The Bertz CT molecular complexity index is 1410. The lowest BCUT2D eigenvalue weighted by molar-refractivity contribution is -0.128. The van der Waals surface area contributed by atoms with Gasteiger partial charge in [-0.25, -0.2) is 19.0 Å². The maximum atomic E-state index is 14.7. The molecule has 2 aliphatic rings. The lowest BCUT2D eigenvalue weighted by atomic mass is 10.1. The molecule has 0 saturated carbocycles. The summed E-state index contributed by atoms with van der Waals surface area (Å²) in [6.07, 6.45) is 0.758. The molecule has 0 atom stereocenters. The van der Waals surface area contributed by atoms with E-state index in [2.05, 4.69) is 37.8 Å². The number of likely N-dealkylation sites (N-methyl/N-ethyl adjacent to an activating group) is 1. The average molecular weight is 578 g/mol. The molecule has 5 rings (SSSR count). The van der Waals surface area contributed by atoms with E-state index in [1.807, 2.05) is 6.07 Å². The first kappa shape index (κ1) is 28.9. The molecule has 2 fully saturated rings. The van der Waals surface area contributed by atoms with Crippen molar-refractivity contribution in [3.63, 3.8) is 0 Å². The fraction of sp³-hybridized carbons (Fsp3) is 0.310. The van der Waals surface area contributed by atoms with Crippen LogP contribution in [0.15, 0.2) is 66.9 Å². The Morgan fingerprint density at radius 3 is 2.45 bits per heavy atom. The third-order valence-corrected chi connectivity index (χ3v) is 6.89. The number of urea groups is 1. The highest BCUT2D eigenvalue weighted by Gasteiger charge is 2.32. The molecule has 3 heterocycles. The van der Waals surface area contributed by atoms with Crippen molar-refractivity contribution < 1.29 is 28.3 Å². The zero-order valence-corrected chi connectivity index (χ0v) is 23.1. The fourth-order valence-electron chi connectivity index (χ4n) is 4.75. The molecule has 42 heavy (non-hydrogen) atoms. The molecule has 2 aliphatic heterocycles. The summed E-state index contributed by atoms with van der Waals surface area (Å²) < 4.78 is 20.4. The minimum Gasteiger partial charge on any atom is -0.454 e. The van der Waals surface area contributed by atoms with E-state index in [4.69, 9.17) is 9.57 Å². The molecule has 2 saturated heterocycles. The standard InChI is InChI=1S/C29H32FN7O5/c1-35-18-22(19-35)36-11-13-37(14-12-36)42-29(40)33-26-17-23(9-10-31-26)41-25-8-7-21(16-24(25)30)32-28(39)34-27(38)15-20-5-3-2-4-6-20/h2-10,16-17,22H,11-15,18-19H2,1H3,(H,31,33,40)(H2,32,34,38,39). The predicted molar refractivity (Wildman–Crippen MR) is 153 cm³/mol. The molecule has 0 spiro atoms. The van der Waals surface area contributed by atoms with Gasteiger partial charge in [0.25, 0.3) is 0 Å². The van der Waals surface area contributed by atoms with Gasteiger partial charge in [-0.3, -0.25) is 20.3 Å². The van der Waals surface area contributed by atoms with Crippen molar-refractivity contribution in [3.05, 3.63) is 78.2 Å². The number of carbonyl (C=O) groups is 3. The molecule has 3 N–H and O–H groups in total. The first-order chi connectivity index (χ1) is 20.3. The van der Waals surface area contributed by atoms with E-state index >= 15 is 0 Å². The van der Waals surface area contributed by atoms with E-state index in [0.717, 1.165) is 37.8 Å². The molecule has 220 valence electrons. The van der Waals surface area contributed by atoms with Crippen molar-refractivity contribution in [2.75, 3.05) is 56.9 Å². The average Bonchev–Trinajstić information content (AvgIpc) is 2.94. The zero-order chi connectivity index (χ0) is 29.5. The summed E-state index contributed by atoms with van der Waals surface area (Å²) in [5.74, 6) is -0.963. The molecule has 3 aromatic rings. The van der Waals surface area contributed by atoms with Gasteiger partial charge < -0.3 is 19.8 Å². The third kappa shape index (κ3) is 8.00. The normalized spacial score (nSPS) is 16.2. The minimum atomic E-state index is -0.784. The van der Waals surface area contributed by atoms with Crippen molar-refractivity contribution in [3.8, 4) is 11.5 Å². The second-order valence-corrected chi connectivity index (χ2v) is 10.1. The molecule has 0 bridgehead atoms. The highest BCUT2D eigenvalue weighted by atomic mass is 19.1. The number of nitrogens with one attached hydrogen (secondary N) is 3. The van der Waals surface area contributed by atoms with Gasteiger partial charge in [0.05, 0.1) is 6.42 Å². The summed E-state index contributed by atoms with van der Waals surface area (Å²) in [5, 5.41) is 8.82. The molecule has 0 radical (unpaired) electrons. The second-order valence-electron chi connectivity index (χ2n) is 10.1. The molecular formula is C29H32FN7O5. The number of imide groups is 1. The number of anilines is 2. The number of piperazine rings is 1. The first-order valence-corrected chi connectivity index (χ1v) is 13.6. The van der Waals surface area contributed by atoms with Gasteiger partial charge in [-0.15, -0.1) is 5.06 Å². The zero-order valence-electron chi connectivity index (χ0n) is 23.1. The Morgan fingerprint density at radius 1 is 0.976 bits per heavy atom. The Kier molecular flexibility index (Phi) is 9.21. The van der Waals surface area contributed by atoms with Crippen LogP contribution in [0.25, 0.3) is 0 Å². The number of halogens is 1. The number of pyridine rings is 1. The van der Waals surface area contributed by atoms with Crippen LogP contribution in [0.3, 0.4) is 0 Å². The highest BCUT2D eigenvalue weighted by molar-refractivity contribution is 6.01. The number of benzene rings is 2. The largest absolute Gasteiger partial charge is 0.454 e. The monoisotopic (exact) mass is 577 g/mol. The summed E-state index contributed by atoms with van der Waals surface area (Å²) in [5.41, 5.74) is 0.887. The van der Waals surface area contributed by atoms with Crippen LogP contribution in [0.1, 0.15) is 5.56 Å². The fourth-order valence-corrected chi connectivity index (χ4v) is 4.75. The number of carbonyl (C=O) groups excluding carboxylic acids is 3. The summed E-state index contributed by atoms with van der Waals surface area (Å²) in [4.78, 5) is 50.8. The molecule has 0 aliphatic carbocycles. The van der Waals surface area contributed by atoms with Gasteiger partial charge >= 0.3 is 12.1 Å². The molecular weight excluding hydrogens is 545 g/mol. The molecule has 0 unspecified atom stereocenters. The molecule has 13 heteroatoms. The molecule has 1 aromatic heterocycles. The lowest BCUT2D eigenvalue weighted by Gasteiger charge is -2.46. The van der Waals surface area contributed by atoms with Crippen LogP contribution < -0.4 is 20.7 Å². The van der Waals surface area contributed by atoms with Crippen LogP contribution in [0.2, 0.25) is 0 Å². The van der Waals surface area contributed by atoms with Gasteiger partial charge in [0.15, 0.2) is 11.6 Å². The maximum Gasteiger partial charge on any atom is 0.431 e. The lowest BCUT2D eigenvalue weighted by Crippen LogP contribution is -2.61. The number of ether oxygens (including phenoxy) is 1. The molecule has 12 nitrogen and oxygen atoms in total. The van der Waals surface area contributed by atoms with Crippen molar-refractivity contribution >= 4 is 29.5 Å². The number of nitrogens with zero attached hydrogens (tertiary/aromatic N) is 4. The number of hydrogen-bond acceptors (Lipinski definition) is 9. The van der Waals surface area contributed by atoms with E-state index in [1.54, 1.807) is 29.3 Å². The summed E-state index contributed by atoms with van der Waals surface area (Å²) in [6.45, 7) is 4.99. The van der Waals surface area contributed by atoms with Crippen LogP contribution in [-0.2, 0) is 16.1 Å². The number of likely N-dealkylation sites (tertiary alicyclic amines) is 1. The first-order valence-electron chi connectivity index (χ1n) is 13.6. The number of hydrogen-bond donors (Lipinski definition) is 3. The summed E-state index contributed by atoms with van der Waals surface area (Å²) in [6, 6.07) is 15.5. The Balaban J connectivity index is 1.08. The predicted octanol–water partition coefficient (Wildman–Crippen LogP) is 3.30. The number of amides is 4. The maximum absolute atomic E-state index is 14.7. The topological polar surface area (TPSA) is 128 Å². The van der Waals surface area contributed by atoms with Crippen molar-refractivity contribution in [2.24, 2.45) is 0 Å². The Morgan fingerprint density at radius 2 is 1.74 bits per heavy atom. The van der Waals surface area contributed by atoms with Gasteiger partial charge in [0.2, 0.25) is 5.91 Å². The number of rotatable bonds is 8. The van der Waals surface area contributed by atoms with E-state index in [1.165, 1.54) is 30.5 Å². The van der Waals surface area contributed by atoms with Crippen molar-refractivity contribution in [1.29, 1.82) is 0 Å². The quantitative estimate of drug-likeness (QED) is 0.369. The Labute approximate surface area is 242 Å². The third-order valence-electron chi connectivity index (χ3n) is 6.89.